The molecule has 28 heavy (non-hydrogen) atoms. The number of aromatic carboxylic acids is 1. The first-order valence-electron chi connectivity index (χ1n) is 9.64. The van der Waals surface area contributed by atoms with Crippen LogP contribution in [0, 0.1) is 17.6 Å². The molecule has 1 aromatic heterocycles. The van der Waals surface area contributed by atoms with Gasteiger partial charge < -0.3 is 20.3 Å². The van der Waals surface area contributed by atoms with E-state index in [1.807, 2.05) is 6.92 Å². The molecule has 4 rings (SSSR count). The molecule has 1 saturated heterocycles. The van der Waals surface area contributed by atoms with E-state index < -0.39 is 28.6 Å². The average molecular weight is 391 g/mol. The molecule has 150 valence electrons. The Morgan fingerprint density at radius 1 is 1.36 bits per heavy atom. The number of nitrogens with zero attached hydrogens (tertiary/aromatic N) is 2. The number of carbonyl (C=O) groups is 1. The zero-order valence-corrected chi connectivity index (χ0v) is 15.6. The number of pyridine rings is 1. The third-order valence-corrected chi connectivity index (χ3v) is 5.97. The van der Waals surface area contributed by atoms with Crippen LogP contribution in [-0.4, -0.2) is 34.8 Å². The van der Waals surface area contributed by atoms with Crippen molar-refractivity contribution in [3.63, 3.8) is 0 Å². The van der Waals surface area contributed by atoms with Gasteiger partial charge in [-0.3, -0.25) is 4.79 Å². The summed E-state index contributed by atoms with van der Waals surface area (Å²) in [5, 5.41) is 9.07. The minimum atomic E-state index is -1.40. The Hall–Kier alpha value is -2.48. The summed E-state index contributed by atoms with van der Waals surface area (Å²) in [7, 11) is 0. The van der Waals surface area contributed by atoms with Crippen LogP contribution >= 0.6 is 0 Å². The topological polar surface area (TPSA) is 88.6 Å². The predicted octanol–water partition coefficient (Wildman–Crippen LogP) is 2.88. The summed E-state index contributed by atoms with van der Waals surface area (Å²) in [6.07, 6.45) is 4.26. The molecule has 3 N–H and O–H groups in total. The zero-order chi connectivity index (χ0) is 20.2. The van der Waals surface area contributed by atoms with Crippen molar-refractivity contribution in [3.05, 3.63) is 39.7 Å². The molecule has 8 heteroatoms. The van der Waals surface area contributed by atoms with Crippen LogP contribution in [0.15, 0.2) is 17.1 Å². The normalized spacial score (nSPS) is 20.7. The lowest BCUT2D eigenvalue weighted by atomic mass is 9.98. The fraction of sp³-hybridized carbons (Fsp3) is 0.500. The van der Waals surface area contributed by atoms with Crippen LogP contribution < -0.4 is 16.1 Å². The molecule has 1 aliphatic carbocycles. The van der Waals surface area contributed by atoms with Gasteiger partial charge in [0.25, 0.3) is 0 Å². The van der Waals surface area contributed by atoms with Crippen LogP contribution in [-0.2, 0) is 0 Å². The van der Waals surface area contributed by atoms with E-state index in [2.05, 4.69) is 0 Å². The van der Waals surface area contributed by atoms with Gasteiger partial charge in [-0.25, -0.2) is 13.6 Å². The van der Waals surface area contributed by atoms with Gasteiger partial charge in [0, 0.05) is 31.4 Å². The third kappa shape index (κ3) is 2.96. The van der Waals surface area contributed by atoms with Crippen molar-refractivity contribution in [1.29, 1.82) is 0 Å². The first-order valence-corrected chi connectivity index (χ1v) is 9.64. The summed E-state index contributed by atoms with van der Waals surface area (Å²) in [6.45, 7) is 2.92. The van der Waals surface area contributed by atoms with Crippen molar-refractivity contribution >= 4 is 22.6 Å². The molecule has 2 aromatic rings. The maximum Gasteiger partial charge on any atom is 0.341 e. The Morgan fingerprint density at radius 3 is 2.68 bits per heavy atom. The van der Waals surface area contributed by atoms with Crippen LogP contribution in [0.3, 0.4) is 0 Å². The number of fused-ring (bicyclic) bond motifs is 1. The molecule has 2 atom stereocenters. The zero-order valence-electron chi connectivity index (χ0n) is 15.6. The Labute approximate surface area is 160 Å². The number of hydrogen-bond acceptors (Lipinski definition) is 4. The van der Waals surface area contributed by atoms with E-state index in [0.717, 1.165) is 31.7 Å². The second kappa shape index (κ2) is 6.84. The second-order valence-electron chi connectivity index (χ2n) is 7.80. The largest absolute Gasteiger partial charge is 0.477 e. The van der Waals surface area contributed by atoms with Crippen molar-refractivity contribution in [2.45, 2.75) is 44.7 Å². The maximum atomic E-state index is 15.5. The van der Waals surface area contributed by atoms with Crippen molar-refractivity contribution in [3.8, 4) is 0 Å². The van der Waals surface area contributed by atoms with Crippen LogP contribution in [0.5, 0.6) is 0 Å². The number of anilines is 1. The number of benzene rings is 1. The first kappa shape index (κ1) is 18.9. The van der Waals surface area contributed by atoms with E-state index in [1.54, 1.807) is 4.90 Å². The van der Waals surface area contributed by atoms with Crippen LogP contribution in [0.2, 0.25) is 0 Å². The highest BCUT2D eigenvalue weighted by atomic mass is 19.1. The molecule has 0 spiro atoms. The van der Waals surface area contributed by atoms with Gasteiger partial charge in [0.05, 0.1) is 10.9 Å². The number of carboxylic acids is 1. The molecule has 2 heterocycles. The third-order valence-electron chi connectivity index (χ3n) is 5.97. The molecule has 0 amide bonds. The summed E-state index contributed by atoms with van der Waals surface area (Å²) >= 11 is 0. The van der Waals surface area contributed by atoms with E-state index in [4.69, 9.17) is 5.73 Å². The van der Waals surface area contributed by atoms with Crippen LogP contribution in [0.4, 0.5) is 14.5 Å². The minimum absolute atomic E-state index is 0.0165. The van der Waals surface area contributed by atoms with E-state index in [0.29, 0.717) is 13.1 Å². The summed E-state index contributed by atoms with van der Waals surface area (Å²) < 4.78 is 31.9. The molecule has 2 fully saturated rings. The maximum absolute atomic E-state index is 15.5. The Kier molecular flexibility index (Phi) is 4.61. The minimum Gasteiger partial charge on any atom is -0.477 e. The molecular formula is C20H23F2N3O3. The fourth-order valence-electron chi connectivity index (χ4n) is 4.19. The molecule has 1 aliphatic heterocycles. The van der Waals surface area contributed by atoms with Gasteiger partial charge in [-0.05, 0) is 37.7 Å². The number of nitrogens with two attached hydrogens (primary N) is 1. The number of rotatable bonds is 5. The van der Waals surface area contributed by atoms with E-state index in [9.17, 15) is 19.1 Å². The lowest BCUT2D eigenvalue weighted by Gasteiger charge is -2.23. The lowest BCUT2D eigenvalue weighted by Crippen LogP contribution is -2.32. The van der Waals surface area contributed by atoms with Gasteiger partial charge in [0.1, 0.15) is 17.1 Å². The first-order chi connectivity index (χ1) is 13.3. The van der Waals surface area contributed by atoms with E-state index in [-0.39, 0.29) is 34.6 Å². The lowest BCUT2D eigenvalue weighted by molar-refractivity contribution is 0.0695. The van der Waals surface area contributed by atoms with Crippen LogP contribution in [0.25, 0.3) is 10.9 Å². The highest BCUT2D eigenvalue weighted by Crippen LogP contribution is 2.40. The number of halogens is 2. The van der Waals surface area contributed by atoms with Gasteiger partial charge >= 0.3 is 5.97 Å². The smallest absolute Gasteiger partial charge is 0.341 e. The monoisotopic (exact) mass is 391 g/mol. The second-order valence-corrected chi connectivity index (χ2v) is 7.80. The fourth-order valence-corrected chi connectivity index (χ4v) is 4.19. The Morgan fingerprint density at radius 2 is 2.07 bits per heavy atom. The van der Waals surface area contributed by atoms with E-state index in [1.165, 1.54) is 10.8 Å². The van der Waals surface area contributed by atoms with E-state index >= 15 is 4.39 Å². The van der Waals surface area contributed by atoms with Crippen molar-refractivity contribution in [1.82, 2.24) is 4.57 Å². The number of carboxylic acid groups (broad SMARTS) is 1. The molecule has 1 aromatic carbocycles. The predicted molar refractivity (Wildman–Crippen MR) is 102 cm³/mol. The van der Waals surface area contributed by atoms with Gasteiger partial charge in [-0.2, -0.15) is 0 Å². The highest BCUT2D eigenvalue weighted by Gasteiger charge is 2.34. The van der Waals surface area contributed by atoms with Gasteiger partial charge in [-0.15, -0.1) is 0 Å². The summed E-state index contributed by atoms with van der Waals surface area (Å²) in [5.74, 6) is -2.90. The molecule has 1 saturated carbocycles. The Balaban J connectivity index is 1.89. The molecular weight excluding hydrogens is 368 g/mol. The summed E-state index contributed by atoms with van der Waals surface area (Å²) in [4.78, 5) is 25.6. The molecule has 6 nitrogen and oxygen atoms in total. The van der Waals surface area contributed by atoms with Crippen LogP contribution in [0.1, 0.15) is 49.0 Å². The van der Waals surface area contributed by atoms with Crippen molar-refractivity contribution in [2.75, 3.05) is 18.0 Å². The van der Waals surface area contributed by atoms with Gasteiger partial charge in [-0.1, -0.05) is 6.92 Å². The molecule has 0 radical (unpaired) electrons. The van der Waals surface area contributed by atoms with Crippen molar-refractivity contribution in [2.24, 2.45) is 11.7 Å². The quantitative estimate of drug-likeness (QED) is 0.818. The summed E-state index contributed by atoms with van der Waals surface area (Å²) in [6, 6.07) is 0.877. The average Bonchev–Trinajstić information content (AvgIpc) is 3.39. The molecule has 1 unspecified atom stereocenters. The number of aromatic nitrogens is 1. The van der Waals surface area contributed by atoms with Gasteiger partial charge in [0.15, 0.2) is 5.82 Å². The summed E-state index contributed by atoms with van der Waals surface area (Å²) in [5.41, 5.74) is 4.60. The van der Waals surface area contributed by atoms with Crippen molar-refractivity contribution < 1.29 is 18.7 Å². The Bertz CT molecular complexity index is 1020. The number of hydrogen-bond donors (Lipinski definition) is 2. The molecule has 0 bridgehead atoms. The SMILES string of the molecule is CC[C@H](N)C1CCN(c2c(F)cc3c(=O)c(C(=O)O)cn(C4CC4)c3c2F)C1. The van der Waals surface area contributed by atoms with Gasteiger partial charge in [0.2, 0.25) is 5.43 Å². The highest BCUT2D eigenvalue weighted by molar-refractivity contribution is 5.94. The standard InChI is InChI=1S/C20H23F2N3O3/c1-2-15(23)10-5-6-24(8-10)18-14(21)7-12-17(16(18)22)25(11-3-4-11)9-13(19(12)26)20(27)28/h7,9-11,15H,2-6,8,23H2,1H3,(H,27,28)/t10?,15-/m0/s1. The molecule has 2 aliphatic rings.